The molecular weight excluding hydrogens is 196 g/mol. The Labute approximate surface area is 87.7 Å². The number of nitrogens with two attached hydrogens (primary N) is 1. The van der Waals surface area contributed by atoms with Crippen molar-refractivity contribution in [3.05, 3.63) is 27.7 Å². The third-order valence-corrected chi connectivity index (χ3v) is 2.63. The quantitative estimate of drug-likeness (QED) is 0.615. The molecule has 0 amide bonds. The van der Waals surface area contributed by atoms with Gasteiger partial charge in [0.25, 0.3) is 0 Å². The Hall–Kier alpha value is -1.00. The van der Waals surface area contributed by atoms with Crippen LogP contribution in [-0.4, -0.2) is 10.8 Å². The molecule has 1 aromatic rings. The van der Waals surface area contributed by atoms with Gasteiger partial charge in [0.15, 0.2) is 0 Å². The number of aromatic nitrogens is 1. The van der Waals surface area contributed by atoms with Crippen LogP contribution in [-0.2, 0) is 0 Å². The highest BCUT2D eigenvalue weighted by Gasteiger charge is 2.10. The van der Waals surface area contributed by atoms with Crippen LogP contribution in [0.5, 0.6) is 0 Å². The van der Waals surface area contributed by atoms with E-state index in [0.717, 1.165) is 10.6 Å². The molecule has 2 N–H and O–H groups in total. The third kappa shape index (κ3) is 2.75. The van der Waals surface area contributed by atoms with Crippen molar-refractivity contribution in [3.8, 4) is 0 Å². The summed E-state index contributed by atoms with van der Waals surface area (Å²) in [5, 5.41) is 2.55. The molecule has 0 aliphatic heterocycles. The van der Waals surface area contributed by atoms with E-state index in [1.807, 2.05) is 20.8 Å². The van der Waals surface area contributed by atoms with Gasteiger partial charge in [0.05, 0.1) is 6.04 Å². The zero-order chi connectivity index (χ0) is 10.7. The summed E-state index contributed by atoms with van der Waals surface area (Å²) in [7, 11) is 0. The van der Waals surface area contributed by atoms with Crippen LogP contribution < -0.4 is 5.73 Å². The van der Waals surface area contributed by atoms with E-state index < -0.39 is 0 Å². The fourth-order valence-electron chi connectivity index (χ4n) is 0.946. The van der Waals surface area contributed by atoms with Crippen LogP contribution in [0.25, 0.3) is 0 Å². The Kier molecular flexibility index (Phi) is 3.55. The Morgan fingerprint density at radius 3 is 2.71 bits per heavy atom. The Morgan fingerprint density at radius 1 is 1.64 bits per heavy atom. The maximum atomic E-state index is 11.5. The molecule has 3 nitrogen and oxygen atoms in total. The molecule has 4 heteroatoms. The summed E-state index contributed by atoms with van der Waals surface area (Å²) in [4.78, 5) is 15.7. The molecule has 0 spiro atoms. The van der Waals surface area contributed by atoms with E-state index in [9.17, 15) is 4.79 Å². The molecule has 76 valence electrons. The normalized spacial score (nSPS) is 12.3. The first-order chi connectivity index (χ1) is 6.50. The average Bonchev–Trinajstić information content (AvgIpc) is 2.50. The first kappa shape index (κ1) is 11.1. The van der Waals surface area contributed by atoms with Gasteiger partial charge >= 0.3 is 0 Å². The van der Waals surface area contributed by atoms with E-state index in [0.29, 0.717) is 5.69 Å². The molecule has 1 unspecified atom stereocenters. The number of hydrogen-bond acceptors (Lipinski definition) is 4. The summed E-state index contributed by atoms with van der Waals surface area (Å²) < 4.78 is 0. The number of allylic oxidation sites excluding steroid dienone is 2. The molecule has 0 aliphatic rings. The predicted molar refractivity (Wildman–Crippen MR) is 58.5 cm³/mol. The number of thiazole rings is 1. The summed E-state index contributed by atoms with van der Waals surface area (Å²) >= 11 is 1.43. The van der Waals surface area contributed by atoms with Gasteiger partial charge in [-0.3, -0.25) is 4.79 Å². The van der Waals surface area contributed by atoms with Gasteiger partial charge in [-0.15, -0.1) is 11.3 Å². The maximum absolute atomic E-state index is 11.5. The molecule has 0 saturated heterocycles. The van der Waals surface area contributed by atoms with Crippen molar-refractivity contribution in [1.29, 1.82) is 0 Å². The highest BCUT2D eigenvalue weighted by atomic mass is 32.1. The van der Waals surface area contributed by atoms with Crippen molar-refractivity contribution in [2.75, 3.05) is 0 Å². The second kappa shape index (κ2) is 4.48. The van der Waals surface area contributed by atoms with Crippen molar-refractivity contribution in [1.82, 2.24) is 4.98 Å². The van der Waals surface area contributed by atoms with E-state index in [2.05, 4.69) is 4.98 Å². The van der Waals surface area contributed by atoms with E-state index in [-0.39, 0.29) is 11.8 Å². The first-order valence-corrected chi connectivity index (χ1v) is 5.29. The molecule has 0 fully saturated rings. The van der Waals surface area contributed by atoms with Gasteiger partial charge in [-0.05, 0) is 26.8 Å². The second-order valence-corrected chi connectivity index (χ2v) is 4.34. The van der Waals surface area contributed by atoms with E-state index >= 15 is 0 Å². The van der Waals surface area contributed by atoms with Crippen LogP contribution in [0.15, 0.2) is 17.0 Å². The number of carbonyl (C=O) groups excluding carboxylic acids is 1. The molecule has 0 radical (unpaired) electrons. The topological polar surface area (TPSA) is 56.0 Å². The van der Waals surface area contributed by atoms with E-state index in [1.54, 1.807) is 11.5 Å². The van der Waals surface area contributed by atoms with E-state index in [1.165, 1.54) is 11.3 Å². The van der Waals surface area contributed by atoms with Crippen LogP contribution in [0, 0.1) is 0 Å². The van der Waals surface area contributed by atoms with Crippen molar-refractivity contribution < 1.29 is 4.79 Å². The highest BCUT2D eigenvalue weighted by Crippen LogP contribution is 2.16. The summed E-state index contributed by atoms with van der Waals surface area (Å²) in [6.07, 6.45) is 1.58. The molecular formula is C10H14N2OS. The van der Waals surface area contributed by atoms with Crippen molar-refractivity contribution in [2.24, 2.45) is 5.73 Å². The summed E-state index contributed by atoms with van der Waals surface area (Å²) in [5.41, 5.74) is 7.12. The van der Waals surface area contributed by atoms with Gasteiger partial charge in [0, 0.05) is 5.38 Å². The number of hydrogen-bond donors (Lipinski definition) is 1. The molecule has 1 rings (SSSR count). The SMILES string of the molecule is CC(C)=CC(=O)c1csc(C(C)N)n1. The third-order valence-electron chi connectivity index (χ3n) is 1.58. The van der Waals surface area contributed by atoms with Crippen molar-refractivity contribution in [3.63, 3.8) is 0 Å². The summed E-state index contributed by atoms with van der Waals surface area (Å²) in [6, 6.07) is -0.103. The molecule has 0 aromatic carbocycles. The minimum Gasteiger partial charge on any atom is -0.322 e. The largest absolute Gasteiger partial charge is 0.322 e. The Bertz CT molecular complexity index is 362. The number of ketones is 1. The standard InChI is InChI=1S/C10H14N2OS/c1-6(2)4-9(13)8-5-14-10(12-8)7(3)11/h4-5,7H,11H2,1-3H3. The minimum absolute atomic E-state index is 0.0480. The summed E-state index contributed by atoms with van der Waals surface area (Å²) in [6.45, 7) is 5.63. The Morgan fingerprint density at radius 2 is 2.29 bits per heavy atom. The zero-order valence-electron chi connectivity index (χ0n) is 8.57. The first-order valence-electron chi connectivity index (χ1n) is 4.41. The zero-order valence-corrected chi connectivity index (χ0v) is 9.39. The molecule has 0 aliphatic carbocycles. The molecule has 1 atom stereocenters. The van der Waals surface area contributed by atoms with Crippen LogP contribution in [0.4, 0.5) is 0 Å². The van der Waals surface area contributed by atoms with Crippen LogP contribution >= 0.6 is 11.3 Å². The van der Waals surface area contributed by atoms with Gasteiger partial charge in [0.1, 0.15) is 10.7 Å². The number of rotatable bonds is 3. The van der Waals surface area contributed by atoms with Gasteiger partial charge in [0.2, 0.25) is 5.78 Å². The van der Waals surface area contributed by atoms with Gasteiger partial charge in [-0.2, -0.15) is 0 Å². The molecule has 14 heavy (non-hydrogen) atoms. The minimum atomic E-state index is -0.103. The van der Waals surface area contributed by atoms with Crippen LogP contribution in [0.2, 0.25) is 0 Å². The molecule has 1 heterocycles. The molecule has 0 bridgehead atoms. The number of nitrogens with zero attached hydrogens (tertiary/aromatic N) is 1. The molecule has 1 aromatic heterocycles. The average molecular weight is 210 g/mol. The van der Waals surface area contributed by atoms with Crippen molar-refractivity contribution >= 4 is 17.1 Å². The monoisotopic (exact) mass is 210 g/mol. The van der Waals surface area contributed by atoms with Gasteiger partial charge < -0.3 is 5.73 Å². The highest BCUT2D eigenvalue weighted by molar-refractivity contribution is 7.09. The lowest BCUT2D eigenvalue weighted by molar-refractivity contribution is 0.104. The summed E-state index contributed by atoms with van der Waals surface area (Å²) in [5.74, 6) is -0.0480. The Balaban J connectivity index is 2.87. The fourth-order valence-corrected chi connectivity index (χ4v) is 1.71. The lowest BCUT2D eigenvalue weighted by atomic mass is 10.2. The maximum Gasteiger partial charge on any atom is 0.204 e. The fraction of sp³-hybridized carbons (Fsp3) is 0.400. The van der Waals surface area contributed by atoms with Crippen LogP contribution in [0.3, 0.4) is 0 Å². The lowest BCUT2D eigenvalue weighted by Gasteiger charge is -1.96. The second-order valence-electron chi connectivity index (χ2n) is 3.45. The lowest BCUT2D eigenvalue weighted by Crippen LogP contribution is -2.05. The van der Waals surface area contributed by atoms with Crippen LogP contribution in [0.1, 0.15) is 42.3 Å². The predicted octanol–water partition coefficient (Wildman–Crippen LogP) is 2.31. The van der Waals surface area contributed by atoms with E-state index in [4.69, 9.17) is 5.73 Å². The molecule has 0 saturated carbocycles. The van der Waals surface area contributed by atoms with Gasteiger partial charge in [-0.1, -0.05) is 5.57 Å². The number of carbonyl (C=O) groups is 1. The smallest absolute Gasteiger partial charge is 0.204 e. The van der Waals surface area contributed by atoms with Gasteiger partial charge in [-0.25, -0.2) is 4.98 Å². The van der Waals surface area contributed by atoms with Crippen molar-refractivity contribution in [2.45, 2.75) is 26.8 Å².